The van der Waals surface area contributed by atoms with Crippen molar-refractivity contribution in [2.24, 2.45) is 0 Å². The molecule has 0 amide bonds. The van der Waals surface area contributed by atoms with Crippen molar-refractivity contribution < 1.29 is 0 Å². The maximum atomic E-state index is 5.51. The Balaban J connectivity index is 2.20. The van der Waals surface area contributed by atoms with Gasteiger partial charge in [-0.3, -0.25) is 5.32 Å². The lowest BCUT2D eigenvalue weighted by molar-refractivity contribution is 0.582. The van der Waals surface area contributed by atoms with Crippen molar-refractivity contribution >= 4 is 17.8 Å². The van der Waals surface area contributed by atoms with Crippen LogP contribution in [0.25, 0.3) is 0 Å². The number of hydrogen-bond acceptors (Lipinski definition) is 7. The highest BCUT2D eigenvalue weighted by Gasteiger charge is 2.21. The molecule has 0 aliphatic carbocycles. The molecule has 82 valence electrons. The monoisotopic (exact) mass is 209 g/mol. The second-order valence-corrected chi connectivity index (χ2v) is 3.57. The Morgan fingerprint density at radius 3 is 2.47 bits per heavy atom. The van der Waals surface area contributed by atoms with Crippen LogP contribution in [0.15, 0.2) is 0 Å². The minimum Gasteiger partial charge on any atom is -0.368 e. The Bertz CT molecular complexity index is 327. The quantitative estimate of drug-likeness (QED) is 0.584. The third-order valence-corrected chi connectivity index (χ3v) is 2.48. The van der Waals surface area contributed by atoms with Crippen LogP contribution in [0.2, 0.25) is 0 Å². The van der Waals surface area contributed by atoms with Crippen molar-refractivity contribution in [3.05, 3.63) is 0 Å². The van der Waals surface area contributed by atoms with Crippen LogP contribution in [0.5, 0.6) is 0 Å². The maximum absolute atomic E-state index is 5.51. The van der Waals surface area contributed by atoms with Gasteiger partial charge in [0.1, 0.15) is 0 Å². The van der Waals surface area contributed by atoms with Gasteiger partial charge in [0, 0.05) is 7.05 Å². The molecule has 15 heavy (non-hydrogen) atoms. The number of rotatable bonds is 2. The van der Waals surface area contributed by atoms with Gasteiger partial charge in [-0.1, -0.05) is 0 Å². The van der Waals surface area contributed by atoms with E-state index in [2.05, 4.69) is 20.3 Å². The summed E-state index contributed by atoms with van der Waals surface area (Å²) >= 11 is 0. The highest BCUT2D eigenvalue weighted by molar-refractivity contribution is 5.39. The summed E-state index contributed by atoms with van der Waals surface area (Å²) in [5, 5.41) is 3.34. The van der Waals surface area contributed by atoms with Gasteiger partial charge in [-0.25, -0.2) is 0 Å². The van der Waals surface area contributed by atoms with Crippen LogP contribution in [0, 0.1) is 0 Å². The molecule has 1 saturated heterocycles. The number of anilines is 3. The van der Waals surface area contributed by atoms with E-state index in [1.54, 1.807) is 0 Å². The van der Waals surface area contributed by atoms with Crippen LogP contribution in [-0.2, 0) is 0 Å². The zero-order chi connectivity index (χ0) is 10.8. The van der Waals surface area contributed by atoms with Crippen LogP contribution < -0.4 is 21.7 Å². The first-order chi connectivity index (χ1) is 7.16. The molecule has 1 aliphatic heterocycles. The number of nitrogens with zero attached hydrogens (tertiary/aromatic N) is 4. The van der Waals surface area contributed by atoms with Crippen LogP contribution in [0.3, 0.4) is 0 Å². The van der Waals surface area contributed by atoms with E-state index >= 15 is 0 Å². The van der Waals surface area contributed by atoms with Crippen molar-refractivity contribution in [2.75, 3.05) is 30.0 Å². The molecule has 0 aromatic carbocycles. The fraction of sp³-hybridized carbons (Fsp3) is 0.625. The van der Waals surface area contributed by atoms with Crippen molar-refractivity contribution in [3.8, 4) is 0 Å². The summed E-state index contributed by atoms with van der Waals surface area (Å²) in [6, 6.07) is 0. The second kappa shape index (κ2) is 3.85. The van der Waals surface area contributed by atoms with Gasteiger partial charge in [-0.15, -0.1) is 0 Å². The first-order valence-electron chi connectivity index (χ1n) is 4.90. The van der Waals surface area contributed by atoms with Gasteiger partial charge in [-0.05, 0) is 19.4 Å². The molecule has 5 N–H and O–H groups in total. The largest absolute Gasteiger partial charge is 0.368 e. The summed E-state index contributed by atoms with van der Waals surface area (Å²) in [5.41, 5.74) is 11.0. The fourth-order valence-corrected chi connectivity index (χ4v) is 1.69. The number of nitrogens with one attached hydrogen (secondary N) is 1. The van der Waals surface area contributed by atoms with E-state index in [1.807, 2.05) is 11.9 Å². The summed E-state index contributed by atoms with van der Waals surface area (Å²) < 4.78 is 0. The van der Waals surface area contributed by atoms with E-state index in [1.165, 1.54) is 0 Å². The van der Waals surface area contributed by atoms with E-state index in [0.29, 0.717) is 5.95 Å². The Hall–Kier alpha value is -1.63. The summed E-state index contributed by atoms with van der Waals surface area (Å²) in [6.45, 7) is 1.02. The summed E-state index contributed by atoms with van der Waals surface area (Å²) in [4.78, 5) is 13.7. The lowest BCUT2D eigenvalue weighted by atomic mass is 10.3. The van der Waals surface area contributed by atoms with Crippen LogP contribution in [0.1, 0.15) is 12.8 Å². The van der Waals surface area contributed by atoms with Gasteiger partial charge >= 0.3 is 0 Å². The Kier molecular flexibility index (Phi) is 2.55. The zero-order valence-corrected chi connectivity index (χ0v) is 8.64. The molecule has 1 aromatic rings. The molecule has 1 atom stereocenters. The van der Waals surface area contributed by atoms with Crippen molar-refractivity contribution in [1.29, 1.82) is 0 Å². The standard InChI is InChI=1S/C8H15N7/c1-15(5-3-2-4-11-5)8-13-6(9)12-7(10)14-8/h5,11H,2-4H2,1H3,(H4,9,10,12,13,14). The molecule has 7 nitrogen and oxygen atoms in total. The number of hydrogen-bond donors (Lipinski definition) is 3. The summed E-state index contributed by atoms with van der Waals surface area (Å²) in [5.74, 6) is 0.823. The number of nitrogen functional groups attached to an aromatic ring is 2. The van der Waals surface area contributed by atoms with Gasteiger partial charge in [-0.2, -0.15) is 15.0 Å². The van der Waals surface area contributed by atoms with Crippen LogP contribution >= 0.6 is 0 Å². The molecule has 1 unspecified atom stereocenters. The van der Waals surface area contributed by atoms with Crippen molar-refractivity contribution in [3.63, 3.8) is 0 Å². The molecule has 0 radical (unpaired) electrons. The molecule has 1 aromatic heterocycles. The molecule has 0 saturated carbocycles. The SMILES string of the molecule is CN(c1nc(N)nc(N)n1)C1CCCN1. The van der Waals surface area contributed by atoms with E-state index in [0.717, 1.165) is 19.4 Å². The molecule has 0 spiro atoms. The predicted molar refractivity (Wildman–Crippen MR) is 58.1 cm³/mol. The third kappa shape index (κ3) is 2.07. The molecule has 2 heterocycles. The van der Waals surface area contributed by atoms with Gasteiger partial charge in [0.2, 0.25) is 17.8 Å². The summed E-state index contributed by atoms with van der Waals surface area (Å²) in [6.07, 6.45) is 2.48. The predicted octanol–water partition coefficient (Wildman–Crippen LogP) is -0.818. The third-order valence-electron chi connectivity index (χ3n) is 2.48. The van der Waals surface area contributed by atoms with E-state index in [4.69, 9.17) is 11.5 Å². The maximum Gasteiger partial charge on any atom is 0.232 e. The fourth-order valence-electron chi connectivity index (χ4n) is 1.69. The van der Waals surface area contributed by atoms with Gasteiger partial charge in [0.15, 0.2) is 0 Å². The number of nitrogens with two attached hydrogens (primary N) is 2. The summed E-state index contributed by atoms with van der Waals surface area (Å²) in [7, 11) is 1.91. The topological polar surface area (TPSA) is 106 Å². The first-order valence-corrected chi connectivity index (χ1v) is 4.90. The normalized spacial score (nSPS) is 20.5. The average molecular weight is 209 g/mol. The Morgan fingerprint density at radius 1 is 1.27 bits per heavy atom. The number of aromatic nitrogens is 3. The minimum atomic E-state index is 0.155. The van der Waals surface area contributed by atoms with E-state index in [-0.39, 0.29) is 18.1 Å². The molecule has 0 bridgehead atoms. The minimum absolute atomic E-state index is 0.155. The average Bonchev–Trinajstić information content (AvgIpc) is 2.67. The smallest absolute Gasteiger partial charge is 0.232 e. The molecular formula is C8H15N7. The zero-order valence-electron chi connectivity index (χ0n) is 8.64. The molecule has 2 rings (SSSR count). The lowest BCUT2D eigenvalue weighted by Crippen LogP contribution is -2.40. The molecule has 7 heteroatoms. The highest BCUT2D eigenvalue weighted by Crippen LogP contribution is 2.15. The Labute approximate surface area is 87.9 Å². The van der Waals surface area contributed by atoms with Crippen molar-refractivity contribution in [2.45, 2.75) is 19.0 Å². The van der Waals surface area contributed by atoms with Gasteiger partial charge in [0.05, 0.1) is 6.17 Å². The molecule has 1 aliphatic rings. The first kappa shape index (κ1) is 9.91. The highest BCUT2D eigenvalue weighted by atomic mass is 15.4. The second-order valence-electron chi connectivity index (χ2n) is 3.57. The van der Waals surface area contributed by atoms with E-state index in [9.17, 15) is 0 Å². The van der Waals surface area contributed by atoms with Crippen LogP contribution in [0.4, 0.5) is 17.8 Å². The van der Waals surface area contributed by atoms with E-state index < -0.39 is 0 Å². The van der Waals surface area contributed by atoms with Gasteiger partial charge in [0.25, 0.3) is 0 Å². The lowest BCUT2D eigenvalue weighted by Gasteiger charge is -2.24. The van der Waals surface area contributed by atoms with Crippen LogP contribution in [-0.4, -0.2) is 34.7 Å². The Morgan fingerprint density at radius 2 is 1.93 bits per heavy atom. The van der Waals surface area contributed by atoms with Crippen molar-refractivity contribution in [1.82, 2.24) is 20.3 Å². The molecule has 1 fully saturated rings. The van der Waals surface area contributed by atoms with Gasteiger partial charge < -0.3 is 16.4 Å². The molecular weight excluding hydrogens is 194 g/mol.